The molecule has 0 bridgehead atoms. The smallest absolute Gasteiger partial charge is 0.261 e. The van der Waals surface area contributed by atoms with Crippen LogP contribution in [-0.4, -0.2) is 38.6 Å². The quantitative estimate of drug-likeness (QED) is 0.858. The zero-order valence-electron chi connectivity index (χ0n) is 13.7. The highest BCUT2D eigenvalue weighted by molar-refractivity contribution is 7.90. The van der Waals surface area contributed by atoms with Crippen molar-refractivity contribution in [2.45, 2.75) is 50.6 Å². The van der Waals surface area contributed by atoms with Crippen LogP contribution in [0.15, 0.2) is 16.3 Å². The Hall–Kier alpha value is -1.41. The average Bonchev–Trinajstić information content (AvgIpc) is 2.89. The first-order valence-corrected chi connectivity index (χ1v) is 10.1. The molecule has 8 heteroatoms. The maximum Gasteiger partial charge on any atom is 0.261 e. The molecule has 2 N–H and O–H groups in total. The molecule has 0 aromatic carbocycles. The summed E-state index contributed by atoms with van der Waals surface area (Å²) in [5.41, 5.74) is -0.193. The summed E-state index contributed by atoms with van der Waals surface area (Å²) in [6, 6.07) is 1.05. The molecule has 0 aliphatic carbocycles. The van der Waals surface area contributed by atoms with Crippen molar-refractivity contribution < 1.29 is 18.0 Å². The van der Waals surface area contributed by atoms with Gasteiger partial charge in [0.05, 0.1) is 21.9 Å². The Morgan fingerprint density at radius 2 is 2.04 bits per heavy atom. The Labute approximate surface area is 140 Å². The summed E-state index contributed by atoms with van der Waals surface area (Å²) in [6.45, 7) is 6.03. The molecule has 1 fully saturated rings. The lowest BCUT2D eigenvalue weighted by Crippen LogP contribution is -2.60. The van der Waals surface area contributed by atoms with Gasteiger partial charge in [-0.1, -0.05) is 20.8 Å². The number of rotatable bonds is 3. The van der Waals surface area contributed by atoms with E-state index in [1.54, 1.807) is 0 Å². The minimum Gasteiger partial charge on any atom is -0.351 e. The third kappa shape index (κ3) is 4.32. The monoisotopic (exact) mass is 358 g/mol. The molecule has 1 aromatic rings. The number of thiophene rings is 1. The van der Waals surface area contributed by atoms with Gasteiger partial charge in [0.2, 0.25) is 5.91 Å². The van der Waals surface area contributed by atoms with Gasteiger partial charge in [-0.05, 0) is 17.9 Å². The molecule has 0 radical (unpaired) electrons. The molecule has 1 aromatic heterocycles. The van der Waals surface area contributed by atoms with Gasteiger partial charge in [-0.25, -0.2) is 8.42 Å². The number of hydrogen-bond donors (Lipinski definition) is 2. The molecular weight excluding hydrogens is 336 g/mol. The average molecular weight is 358 g/mol. The molecule has 128 valence electrons. The Bertz CT molecular complexity index is 716. The zero-order valence-corrected chi connectivity index (χ0v) is 15.3. The van der Waals surface area contributed by atoms with Gasteiger partial charge in [-0.15, -0.1) is 11.3 Å². The summed E-state index contributed by atoms with van der Waals surface area (Å²) in [5.74, 6) is -0.314. The number of hydrogen-bond acceptors (Lipinski definition) is 5. The standard InChI is InChI=1S/C15H22N2O4S2/c1-15(2,3)13-10(5-6-12(18)17-13)16-14(19)11-7-9(8-22-11)23(4,20)21/h7-8,10,13H,5-6H2,1-4H3,(H,16,19)(H,17,18)/t10-,13-/m1/s1. The first-order chi connectivity index (χ1) is 10.5. The van der Waals surface area contributed by atoms with E-state index in [2.05, 4.69) is 10.6 Å². The van der Waals surface area contributed by atoms with Gasteiger partial charge in [0.25, 0.3) is 5.91 Å². The number of sulfone groups is 1. The fraction of sp³-hybridized carbons (Fsp3) is 0.600. The number of carbonyl (C=O) groups is 2. The molecule has 2 atom stereocenters. The van der Waals surface area contributed by atoms with E-state index in [1.807, 2.05) is 20.8 Å². The topological polar surface area (TPSA) is 92.3 Å². The molecule has 1 aliphatic heterocycles. The predicted molar refractivity (Wildman–Crippen MR) is 89.3 cm³/mol. The molecule has 0 spiro atoms. The molecule has 23 heavy (non-hydrogen) atoms. The number of carbonyl (C=O) groups excluding carboxylic acids is 2. The van der Waals surface area contributed by atoms with E-state index < -0.39 is 9.84 Å². The van der Waals surface area contributed by atoms with E-state index in [-0.39, 0.29) is 34.2 Å². The van der Waals surface area contributed by atoms with E-state index in [0.29, 0.717) is 17.7 Å². The van der Waals surface area contributed by atoms with Crippen molar-refractivity contribution in [2.75, 3.05) is 6.26 Å². The van der Waals surface area contributed by atoms with E-state index in [9.17, 15) is 18.0 Å². The molecule has 1 saturated heterocycles. The highest BCUT2D eigenvalue weighted by Gasteiger charge is 2.37. The first-order valence-electron chi connectivity index (χ1n) is 7.37. The van der Waals surface area contributed by atoms with Crippen LogP contribution in [0.2, 0.25) is 0 Å². The SMILES string of the molecule is CC(C)(C)[C@@H]1NC(=O)CC[C@H]1NC(=O)c1cc(S(C)(=O)=O)cs1. The summed E-state index contributed by atoms with van der Waals surface area (Å²) >= 11 is 1.10. The lowest BCUT2D eigenvalue weighted by atomic mass is 9.78. The summed E-state index contributed by atoms with van der Waals surface area (Å²) < 4.78 is 23.0. The van der Waals surface area contributed by atoms with Gasteiger partial charge in [-0.2, -0.15) is 0 Å². The maximum absolute atomic E-state index is 12.4. The molecule has 6 nitrogen and oxygen atoms in total. The third-order valence-electron chi connectivity index (χ3n) is 3.88. The van der Waals surface area contributed by atoms with Gasteiger partial charge < -0.3 is 10.6 Å². The van der Waals surface area contributed by atoms with Crippen LogP contribution >= 0.6 is 11.3 Å². The summed E-state index contributed by atoms with van der Waals surface area (Å²) in [4.78, 5) is 24.6. The van der Waals surface area contributed by atoms with Crippen LogP contribution in [-0.2, 0) is 14.6 Å². The molecule has 2 amide bonds. The van der Waals surface area contributed by atoms with Crippen molar-refractivity contribution >= 4 is 33.0 Å². The Kier molecular flexibility index (Phi) is 4.86. The first kappa shape index (κ1) is 17.9. The van der Waals surface area contributed by atoms with Gasteiger partial charge in [0, 0.05) is 18.1 Å². The number of piperidine rings is 1. The second-order valence-electron chi connectivity index (χ2n) is 6.95. The Morgan fingerprint density at radius 1 is 1.39 bits per heavy atom. The lowest BCUT2D eigenvalue weighted by Gasteiger charge is -2.40. The molecule has 0 saturated carbocycles. The van der Waals surface area contributed by atoms with Gasteiger partial charge in [0.15, 0.2) is 9.84 Å². The van der Waals surface area contributed by atoms with Crippen molar-refractivity contribution in [1.29, 1.82) is 0 Å². The summed E-state index contributed by atoms with van der Waals surface area (Å²) in [7, 11) is -3.32. The highest BCUT2D eigenvalue weighted by Crippen LogP contribution is 2.27. The molecular formula is C15H22N2O4S2. The van der Waals surface area contributed by atoms with E-state index in [1.165, 1.54) is 11.4 Å². The lowest BCUT2D eigenvalue weighted by molar-refractivity contribution is -0.125. The Balaban J connectivity index is 2.15. The van der Waals surface area contributed by atoms with Crippen molar-refractivity contribution in [2.24, 2.45) is 5.41 Å². The largest absolute Gasteiger partial charge is 0.351 e. The summed E-state index contributed by atoms with van der Waals surface area (Å²) in [6.07, 6.45) is 2.06. The van der Waals surface area contributed by atoms with Gasteiger partial charge in [-0.3, -0.25) is 9.59 Å². The van der Waals surface area contributed by atoms with Crippen LogP contribution in [0.1, 0.15) is 43.3 Å². The van der Waals surface area contributed by atoms with E-state index >= 15 is 0 Å². The van der Waals surface area contributed by atoms with Crippen LogP contribution in [0.3, 0.4) is 0 Å². The number of amides is 2. The second kappa shape index (κ2) is 6.24. The summed E-state index contributed by atoms with van der Waals surface area (Å²) in [5, 5.41) is 7.35. The van der Waals surface area contributed by atoms with Gasteiger partial charge >= 0.3 is 0 Å². The minimum atomic E-state index is -3.32. The van der Waals surface area contributed by atoms with Crippen molar-refractivity contribution in [3.63, 3.8) is 0 Å². The van der Waals surface area contributed by atoms with E-state index in [0.717, 1.165) is 17.6 Å². The van der Waals surface area contributed by atoms with Crippen molar-refractivity contribution in [3.8, 4) is 0 Å². The second-order valence-corrected chi connectivity index (χ2v) is 9.88. The Morgan fingerprint density at radius 3 is 2.57 bits per heavy atom. The molecule has 0 unspecified atom stereocenters. The van der Waals surface area contributed by atoms with Crippen LogP contribution in [0, 0.1) is 5.41 Å². The van der Waals surface area contributed by atoms with Crippen molar-refractivity contribution in [3.05, 3.63) is 16.3 Å². The van der Waals surface area contributed by atoms with E-state index in [4.69, 9.17) is 0 Å². The molecule has 1 aliphatic rings. The van der Waals surface area contributed by atoms with Crippen LogP contribution in [0.4, 0.5) is 0 Å². The fourth-order valence-electron chi connectivity index (χ4n) is 2.65. The minimum absolute atomic E-state index is 0.00842. The normalized spacial score (nSPS) is 22.5. The third-order valence-corrected chi connectivity index (χ3v) is 6.05. The predicted octanol–water partition coefficient (Wildman–Crippen LogP) is 1.57. The van der Waals surface area contributed by atoms with Crippen molar-refractivity contribution in [1.82, 2.24) is 10.6 Å². The zero-order chi connectivity index (χ0) is 17.4. The van der Waals surface area contributed by atoms with Gasteiger partial charge in [0.1, 0.15) is 0 Å². The van der Waals surface area contributed by atoms with Crippen LogP contribution < -0.4 is 10.6 Å². The molecule has 2 rings (SSSR count). The van der Waals surface area contributed by atoms with Crippen LogP contribution in [0.25, 0.3) is 0 Å². The fourth-order valence-corrected chi connectivity index (χ4v) is 4.57. The number of nitrogens with one attached hydrogen (secondary N) is 2. The maximum atomic E-state index is 12.4. The molecule has 2 heterocycles. The van der Waals surface area contributed by atoms with Crippen LogP contribution in [0.5, 0.6) is 0 Å². The highest BCUT2D eigenvalue weighted by atomic mass is 32.2.